The van der Waals surface area contributed by atoms with E-state index in [4.69, 9.17) is 54.6 Å². The Kier molecular flexibility index (Phi) is 21.6. The van der Waals surface area contributed by atoms with Crippen LogP contribution in [-0.4, -0.2) is 125 Å². The van der Waals surface area contributed by atoms with Crippen LogP contribution < -0.4 is 0 Å². The summed E-state index contributed by atoms with van der Waals surface area (Å²) in [7, 11) is -8.96. The van der Waals surface area contributed by atoms with Gasteiger partial charge in [0.2, 0.25) is 0 Å². The van der Waals surface area contributed by atoms with E-state index in [1.807, 2.05) is 67.6 Å². The first-order valence-corrected chi connectivity index (χ1v) is 30.1. The summed E-state index contributed by atoms with van der Waals surface area (Å²) in [5.74, 6) is -0.903. The second kappa shape index (κ2) is 24.8. The molecule has 1 aliphatic heterocycles. The van der Waals surface area contributed by atoms with E-state index >= 15 is 0 Å². The number of carbonyl (C=O) groups is 2. The van der Waals surface area contributed by atoms with Crippen molar-refractivity contribution in [1.29, 1.82) is 0 Å². The van der Waals surface area contributed by atoms with Crippen molar-refractivity contribution in [3.8, 4) is 0 Å². The average molecular weight is 916 g/mol. The molecule has 0 aromatic heterocycles. The molecule has 0 N–H and O–H groups in total. The van der Waals surface area contributed by atoms with Gasteiger partial charge in [0.05, 0.1) is 25.9 Å². The van der Waals surface area contributed by atoms with Crippen LogP contribution in [0.1, 0.15) is 65.7 Å². The molecule has 2 aromatic carbocycles. The van der Waals surface area contributed by atoms with Crippen molar-refractivity contribution in [2.75, 3.05) is 40.1 Å². The normalized spacial score (nSPS) is 19.5. The van der Waals surface area contributed by atoms with Gasteiger partial charge in [0.25, 0.3) is 15.0 Å². The maximum atomic E-state index is 11.5. The minimum Gasteiger partial charge on any atom is -0.463 e. The fourth-order valence-corrected chi connectivity index (χ4v) is 16.4. The zero-order valence-corrected chi connectivity index (χ0v) is 41.9. The molecule has 0 bridgehead atoms. The fourth-order valence-electron chi connectivity index (χ4n) is 6.37. The molecule has 1 heterocycles. The molecule has 2 aromatic rings. The zero-order chi connectivity index (χ0) is 44.7. The van der Waals surface area contributed by atoms with Crippen LogP contribution >= 0.6 is 8.53 Å². The van der Waals surface area contributed by atoms with Crippen LogP contribution in [0.5, 0.6) is 0 Å². The van der Waals surface area contributed by atoms with Gasteiger partial charge in [0.15, 0.2) is 16.6 Å². The molecule has 19 heteroatoms. The van der Waals surface area contributed by atoms with E-state index in [0.717, 1.165) is 11.1 Å². The Morgan fingerprint density at radius 2 is 1.20 bits per heavy atom. The fraction of sp³-hybridized carbons (Fsp3) is 0.659. The highest BCUT2D eigenvalue weighted by atomic mass is 31.2. The van der Waals surface area contributed by atoms with Crippen LogP contribution in [-0.2, 0) is 64.1 Å². The molecule has 1 saturated heterocycles. The van der Waals surface area contributed by atoms with Gasteiger partial charge < -0.3 is 54.6 Å². The van der Waals surface area contributed by atoms with E-state index in [2.05, 4.69) is 71.6 Å². The van der Waals surface area contributed by atoms with E-state index in [-0.39, 0.29) is 45.1 Å². The number of rotatable bonds is 27. The SMILES string of the molecule is COP(O[C@@H]1C(OC(OCCOC(C)=O)OCCOC(C)=O)[C@H](C)O[C@@H]1CO[Si](OC(c1ccccc1)c1ccccc1)(O[Si](C)(C)C)O[Si](C)(C)C)N(C(C)C)C(C)C. The number of benzene rings is 2. The standard InChI is InChI=1S/C41H70NO14PSi3/c1-30(2)42(31(3)4)57(45-8)53-40-37(51-32(5)38(40)52-41(48-27-25-46-33(6)43)49-28-26-47-34(7)44)29-50-60(55-58(9,10)11,56-59(12,13)14)54-39(35-21-17-15-18-22-35)36-23-19-16-20-24-36/h15-24,30-32,37-41H,25-29H2,1-14H3/t32-,37+,38?,40-,57?/m0/s1. The van der Waals surface area contributed by atoms with Crippen LogP contribution in [0.15, 0.2) is 60.7 Å². The largest absolute Gasteiger partial charge is 0.659 e. The highest BCUT2D eigenvalue weighted by Crippen LogP contribution is 2.49. The first kappa shape index (κ1) is 52.4. The summed E-state index contributed by atoms with van der Waals surface area (Å²) < 4.78 is 78.6. The van der Waals surface area contributed by atoms with E-state index in [0.29, 0.717) is 0 Å². The molecular weight excluding hydrogens is 846 g/mol. The smallest absolute Gasteiger partial charge is 0.463 e. The molecule has 0 spiro atoms. The third-order valence-corrected chi connectivity index (χ3v) is 18.4. The van der Waals surface area contributed by atoms with Crippen LogP contribution in [0.25, 0.3) is 0 Å². The Labute approximate surface area is 362 Å². The lowest BCUT2D eigenvalue weighted by molar-refractivity contribution is -0.316. The van der Waals surface area contributed by atoms with Crippen LogP contribution in [0.4, 0.5) is 0 Å². The quantitative estimate of drug-likeness (QED) is 0.0281. The maximum Gasteiger partial charge on any atom is 0.659 e. The van der Waals surface area contributed by atoms with Crippen molar-refractivity contribution >= 4 is 46.1 Å². The van der Waals surface area contributed by atoms with E-state index in [1.54, 1.807) is 7.11 Å². The van der Waals surface area contributed by atoms with Crippen molar-refractivity contribution in [2.24, 2.45) is 0 Å². The van der Waals surface area contributed by atoms with Crippen LogP contribution in [0, 0.1) is 0 Å². The molecule has 2 unspecified atom stereocenters. The number of carbonyl (C=O) groups excluding carboxylic acids is 2. The molecule has 1 fully saturated rings. The molecule has 15 nitrogen and oxygen atoms in total. The molecule has 1 aliphatic rings. The Hall–Kier alpha value is -1.98. The van der Waals surface area contributed by atoms with Gasteiger partial charge >= 0.3 is 21.0 Å². The first-order valence-electron chi connectivity index (χ1n) is 20.6. The Morgan fingerprint density at radius 1 is 0.733 bits per heavy atom. The molecule has 60 heavy (non-hydrogen) atoms. The molecule has 3 rings (SSSR count). The topological polar surface area (TPSA) is 148 Å². The highest BCUT2D eigenvalue weighted by molar-refractivity contribution is 7.44. The number of nitrogens with zero attached hydrogens (tertiary/aromatic N) is 1. The van der Waals surface area contributed by atoms with Gasteiger partial charge in [-0.25, -0.2) is 4.67 Å². The number of hydrogen-bond donors (Lipinski definition) is 0. The summed E-state index contributed by atoms with van der Waals surface area (Å²) in [6, 6.07) is 20.1. The van der Waals surface area contributed by atoms with Crippen molar-refractivity contribution < 1.29 is 64.1 Å². The molecule has 0 amide bonds. The monoisotopic (exact) mass is 915 g/mol. The van der Waals surface area contributed by atoms with Gasteiger partial charge in [-0.3, -0.25) is 9.59 Å². The van der Waals surface area contributed by atoms with Gasteiger partial charge in [-0.1, -0.05) is 60.7 Å². The molecular formula is C41H70NO14PSi3. The Bertz CT molecular complexity index is 1470. The van der Waals surface area contributed by atoms with Gasteiger partial charge in [-0.15, -0.1) is 0 Å². The average Bonchev–Trinajstić information content (AvgIpc) is 3.44. The predicted molar refractivity (Wildman–Crippen MR) is 235 cm³/mol. The number of esters is 2. The molecule has 5 atom stereocenters. The summed E-state index contributed by atoms with van der Waals surface area (Å²) in [4.78, 5) is 22.9. The third kappa shape index (κ3) is 18.0. The lowest BCUT2D eigenvalue weighted by Gasteiger charge is -2.41. The summed E-state index contributed by atoms with van der Waals surface area (Å²) in [6.07, 6.45) is -3.48. The van der Waals surface area contributed by atoms with Crippen molar-refractivity contribution in [1.82, 2.24) is 4.67 Å². The molecule has 340 valence electrons. The van der Waals surface area contributed by atoms with Gasteiger partial charge in [0, 0.05) is 33.0 Å². The maximum absolute atomic E-state index is 11.5. The summed E-state index contributed by atoms with van der Waals surface area (Å²) in [5, 5.41) is 0. The lowest BCUT2D eigenvalue weighted by Crippen LogP contribution is -2.60. The van der Waals surface area contributed by atoms with Crippen molar-refractivity contribution in [2.45, 2.75) is 137 Å². The summed E-state index contributed by atoms with van der Waals surface area (Å²) in [6.45, 7) is 23.9. The van der Waals surface area contributed by atoms with Crippen molar-refractivity contribution in [3.63, 3.8) is 0 Å². The van der Waals surface area contributed by atoms with Crippen molar-refractivity contribution in [3.05, 3.63) is 71.8 Å². The minimum atomic E-state index is -4.06. The van der Waals surface area contributed by atoms with Crippen LogP contribution in [0.2, 0.25) is 39.3 Å². The molecule has 0 saturated carbocycles. The van der Waals surface area contributed by atoms with Gasteiger partial charge in [-0.2, -0.15) is 0 Å². The lowest BCUT2D eigenvalue weighted by atomic mass is 10.0. The number of ether oxygens (including phenoxy) is 6. The number of hydrogen-bond acceptors (Lipinski definition) is 15. The summed E-state index contributed by atoms with van der Waals surface area (Å²) in [5.41, 5.74) is 1.84. The highest BCUT2D eigenvalue weighted by Gasteiger charge is 2.56. The third-order valence-electron chi connectivity index (χ3n) is 8.46. The Balaban J connectivity index is 2.09. The van der Waals surface area contributed by atoms with E-state index in [1.165, 1.54) is 13.8 Å². The Morgan fingerprint density at radius 3 is 1.60 bits per heavy atom. The van der Waals surface area contributed by atoms with Crippen LogP contribution in [0.3, 0.4) is 0 Å². The predicted octanol–water partition coefficient (Wildman–Crippen LogP) is 7.94. The minimum absolute atomic E-state index is 0.0316. The van der Waals surface area contributed by atoms with E-state index in [9.17, 15) is 9.59 Å². The summed E-state index contributed by atoms with van der Waals surface area (Å²) >= 11 is 0. The zero-order valence-electron chi connectivity index (χ0n) is 38.0. The molecule has 0 aliphatic carbocycles. The second-order valence-corrected chi connectivity index (χ2v) is 29.9. The second-order valence-electron chi connectivity index (χ2n) is 16.8. The van der Waals surface area contributed by atoms with Gasteiger partial charge in [-0.05, 0) is 85.0 Å². The van der Waals surface area contributed by atoms with Gasteiger partial charge in [0.1, 0.15) is 37.6 Å². The molecule has 0 radical (unpaired) electrons. The van der Waals surface area contributed by atoms with E-state index < -0.39 is 83.1 Å². The first-order chi connectivity index (χ1) is 28.1.